The van der Waals surface area contributed by atoms with Gasteiger partial charge in [-0.2, -0.15) is 0 Å². The van der Waals surface area contributed by atoms with E-state index in [1.54, 1.807) is 30.0 Å². The van der Waals surface area contributed by atoms with Gasteiger partial charge in [-0.1, -0.05) is 56.3 Å². The van der Waals surface area contributed by atoms with Gasteiger partial charge in [0.25, 0.3) is 0 Å². The molecule has 0 spiro atoms. The fourth-order valence-electron chi connectivity index (χ4n) is 4.19. The molecule has 3 rings (SSSR count). The number of fused-ring (bicyclic) bond motifs is 1. The van der Waals surface area contributed by atoms with Gasteiger partial charge in [0.1, 0.15) is 5.82 Å². The van der Waals surface area contributed by atoms with E-state index in [0.29, 0.717) is 0 Å². The van der Waals surface area contributed by atoms with Crippen LogP contribution >= 0.6 is 11.8 Å². The third-order valence-corrected chi connectivity index (χ3v) is 7.67. The fourth-order valence-corrected chi connectivity index (χ4v) is 5.60. The zero-order valence-corrected chi connectivity index (χ0v) is 19.1. The van der Waals surface area contributed by atoms with Crippen molar-refractivity contribution in [3.63, 3.8) is 0 Å². The van der Waals surface area contributed by atoms with Crippen LogP contribution in [0.3, 0.4) is 0 Å². The molecule has 0 saturated heterocycles. The molecule has 2 aromatic rings. The zero-order valence-electron chi connectivity index (χ0n) is 18.3. The van der Waals surface area contributed by atoms with E-state index in [2.05, 4.69) is 26.0 Å². The number of carboxylic acid groups (broad SMARTS) is 1. The molecule has 0 fully saturated rings. The molecule has 3 N–H and O–H groups in total. The van der Waals surface area contributed by atoms with Crippen LogP contribution in [0, 0.1) is 5.82 Å². The number of hydrogen-bond acceptors (Lipinski definition) is 4. The summed E-state index contributed by atoms with van der Waals surface area (Å²) in [6, 6.07) is 14.6. The molecule has 1 aliphatic rings. The standard InChI is InChI=1S/C26H29FO4S.Na.H/c1-3-26(4-2)22(14-13-19(28)15-20(29)16-24(30)31)25(17-9-11-18(27)12-10-17)21-7-5-6-8-23(21)32-26;;/h5-14,19-20,28-29H,3-4,15-16H2,1-2H3,(H,30,31);;/b14-13+;;. The van der Waals surface area contributed by atoms with Gasteiger partial charge in [0.05, 0.1) is 18.6 Å². The molecule has 1 aliphatic heterocycles. The Labute approximate surface area is 220 Å². The summed E-state index contributed by atoms with van der Waals surface area (Å²) in [4.78, 5) is 12.0. The van der Waals surface area contributed by atoms with Gasteiger partial charge in [-0.15, -0.1) is 11.8 Å². The first kappa shape index (κ1) is 27.8. The van der Waals surface area contributed by atoms with E-state index < -0.39 is 24.6 Å². The van der Waals surface area contributed by atoms with E-state index >= 15 is 0 Å². The number of carboxylic acids is 1. The van der Waals surface area contributed by atoms with Crippen LogP contribution in [0.4, 0.5) is 4.39 Å². The van der Waals surface area contributed by atoms with E-state index in [0.717, 1.165) is 40.0 Å². The van der Waals surface area contributed by atoms with Crippen molar-refractivity contribution in [1.82, 2.24) is 0 Å². The fraction of sp³-hybridized carbons (Fsp3) is 0.346. The van der Waals surface area contributed by atoms with Crippen LogP contribution in [-0.2, 0) is 4.79 Å². The molecule has 0 bridgehead atoms. The Morgan fingerprint density at radius 3 is 2.33 bits per heavy atom. The summed E-state index contributed by atoms with van der Waals surface area (Å²) in [7, 11) is 0. The Morgan fingerprint density at radius 2 is 1.73 bits per heavy atom. The minimum absolute atomic E-state index is 0. The summed E-state index contributed by atoms with van der Waals surface area (Å²) in [5.41, 5.74) is 3.98. The van der Waals surface area contributed by atoms with Crippen molar-refractivity contribution in [2.24, 2.45) is 0 Å². The van der Waals surface area contributed by atoms with Crippen LogP contribution < -0.4 is 0 Å². The quantitative estimate of drug-likeness (QED) is 0.450. The van der Waals surface area contributed by atoms with Crippen molar-refractivity contribution < 1.29 is 24.5 Å². The number of rotatable bonds is 9. The van der Waals surface area contributed by atoms with Gasteiger partial charge in [-0.3, -0.25) is 4.79 Å². The molecular formula is C26H30FNaO4S. The normalized spacial score (nSPS) is 16.8. The van der Waals surface area contributed by atoms with Gasteiger partial charge in [0, 0.05) is 16.1 Å². The summed E-state index contributed by atoms with van der Waals surface area (Å²) in [5.74, 6) is -1.41. The molecule has 0 radical (unpaired) electrons. The van der Waals surface area contributed by atoms with Crippen LogP contribution in [-0.4, -0.2) is 67.8 Å². The number of carbonyl (C=O) groups is 1. The number of allylic oxidation sites excluding steroid dienone is 1. The molecule has 172 valence electrons. The Bertz CT molecular complexity index is 1020. The van der Waals surface area contributed by atoms with E-state index in [1.165, 1.54) is 12.1 Å². The molecule has 2 unspecified atom stereocenters. The van der Waals surface area contributed by atoms with E-state index in [9.17, 15) is 19.4 Å². The Kier molecular flexibility index (Phi) is 10.4. The molecular weight excluding hydrogens is 450 g/mol. The average molecular weight is 481 g/mol. The van der Waals surface area contributed by atoms with Crippen LogP contribution in [0.15, 0.2) is 71.2 Å². The monoisotopic (exact) mass is 480 g/mol. The van der Waals surface area contributed by atoms with E-state index in [-0.39, 0.29) is 46.5 Å². The van der Waals surface area contributed by atoms with Crippen molar-refractivity contribution in [1.29, 1.82) is 0 Å². The molecule has 4 nitrogen and oxygen atoms in total. The number of aliphatic hydroxyl groups is 2. The van der Waals surface area contributed by atoms with E-state index in [1.807, 2.05) is 18.2 Å². The Hall–Kier alpha value is -1.41. The number of halogens is 1. The van der Waals surface area contributed by atoms with Crippen molar-refractivity contribution in [3.05, 3.63) is 83.2 Å². The van der Waals surface area contributed by atoms with E-state index in [4.69, 9.17) is 5.11 Å². The maximum absolute atomic E-state index is 13.7. The summed E-state index contributed by atoms with van der Waals surface area (Å²) < 4.78 is 13.4. The van der Waals surface area contributed by atoms with Crippen molar-refractivity contribution in [3.8, 4) is 0 Å². The second-order valence-corrected chi connectivity index (χ2v) is 9.43. The predicted octanol–water partition coefficient (Wildman–Crippen LogP) is 4.79. The first-order valence-corrected chi connectivity index (χ1v) is 11.7. The third kappa shape index (κ3) is 6.59. The predicted molar refractivity (Wildman–Crippen MR) is 133 cm³/mol. The molecule has 0 aliphatic carbocycles. The van der Waals surface area contributed by atoms with Gasteiger partial charge in [0.15, 0.2) is 0 Å². The van der Waals surface area contributed by atoms with Gasteiger partial charge < -0.3 is 15.3 Å². The molecule has 2 aromatic carbocycles. The van der Waals surface area contributed by atoms with Crippen molar-refractivity contribution in [2.75, 3.05) is 0 Å². The third-order valence-electron chi connectivity index (χ3n) is 5.91. The maximum atomic E-state index is 13.7. The molecule has 0 aromatic heterocycles. The van der Waals surface area contributed by atoms with Crippen molar-refractivity contribution in [2.45, 2.75) is 61.4 Å². The Balaban J connectivity index is 0.00000385. The molecule has 7 heteroatoms. The summed E-state index contributed by atoms with van der Waals surface area (Å²) >= 11 is 1.80. The molecule has 33 heavy (non-hydrogen) atoms. The topological polar surface area (TPSA) is 77.8 Å². The zero-order chi connectivity index (χ0) is 23.3. The molecule has 1 heterocycles. The number of hydrogen-bond donors (Lipinski definition) is 3. The van der Waals surface area contributed by atoms with Gasteiger partial charge >= 0.3 is 35.5 Å². The van der Waals surface area contributed by atoms with Crippen LogP contribution in [0.1, 0.15) is 50.7 Å². The number of aliphatic hydroxyl groups excluding tert-OH is 2. The van der Waals surface area contributed by atoms with Crippen LogP contribution in [0.2, 0.25) is 0 Å². The SMILES string of the molecule is CCC1(CC)Sc2ccccc2C(c2ccc(F)cc2)=C1/C=C/C(O)CC(O)CC(=O)O.[NaH]. The first-order valence-electron chi connectivity index (χ1n) is 10.8. The average Bonchev–Trinajstić information content (AvgIpc) is 2.76. The molecule has 0 amide bonds. The second kappa shape index (κ2) is 12.3. The van der Waals surface area contributed by atoms with Crippen LogP contribution in [0.25, 0.3) is 5.57 Å². The second-order valence-electron chi connectivity index (χ2n) is 8.01. The van der Waals surface area contributed by atoms with Gasteiger partial charge in [-0.25, -0.2) is 4.39 Å². The van der Waals surface area contributed by atoms with Gasteiger partial charge in [-0.05, 0) is 53.3 Å². The van der Waals surface area contributed by atoms with Gasteiger partial charge in [0.2, 0.25) is 0 Å². The molecule has 0 saturated carbocycles. The number of aliphatic carboxylic acids is 1. The van der Waals surface area contributed by atoms with Crippen molar-refractivity contribution >= 4 is 52.9 Å². The summed E-state index contributed by atoms with van der Waals surface area (Å²) in [5, 5.41) is 29.2. The summed E-state index contributed by atoms with van der Waals surface area (Å²) in [6.45, 7) is 4.27. The van der Waals surface area contributed by atoms with Crippen LogP contribution in [0.5, 0.6) is 0 Å². The summed E-state index contributed by atoms with van der Waals surface area (Å²) in [6.07, 6.45) is 2.64. The first-order chi connectivity index (χ1) is 15.3. The number of benzene rings is 2. The molecule has 2 atom stereocenters. The minimum atomic E-state index is -1.12. The Morgan fingerprint density at radius 1 is 1.09 bits per heavy atom. The number of thioether (sulfide) groups is 1.